The standard InChI is InChI=1S/C21H23N3O4/c1-21(2,3)20-22-11-16(18(23-20)28-15-8-6-5-7-9-15)19(26)24-12-14(13-24)10-17(25)27-4/h5-11H,12-13H2,1-4H3. The maximum Gasteiger partial charge on any atom is 0.330 e. The molecular formula is C21H23N3O4. The van der Waals surface area contributed by atoms with Gasteiger partial charge in [-0.3, -0.25) is 4.79 Å². The lowest BCUT2D eigenvalue weighted by Crippen LogP contribution is -2.45. The van der Waals surface area contributed by atoms with Crippen molar-refractivity contribution in [3.8, 4) is 11.6 Å². The molecule has 0 bridgehead atoms. The van der Waals surface area contributed by atoms with E-state index < -0.39 is 5.97 Å². The normalized spacial score (nSPS) is 13.6. The van der Waals surface area contributed by atoms with Crippen molar-refractivity contribution >= 4 is 11.9 Å². The van der Waals surface area contributed by atoms with Crippen LogP contribution in [0.15, 0.2) is 48.2 Å². The van der Waals surface area contributed by atoms with Gasteiger partial charge in [0.2, 0.25) is 5.88 Å². The number of methoxy groups -OCH3 is 1. The summed E-state index contributed by atoms with van der Waals surface area (Å²) >= 11 is 0. The van der Waals surface area contributed by atoms with Gasteiger partial charge in [-0.25, -0.2) is 9.78 Å². The van der Waals surface area contributed by atoms with Gasteiger partial charge in [0.25, 0.3) is 5.91 Å². The van der Waals surface area contributed by atoms with Gasteiger partial charge in [0.15, 0.2) is 0 Å². The number of aromatic nitrogens is 2. The van der Waals surface area contributed by atoms with Crippen LogP contribution in [0.25, 0.3) is 0 Å². The van der Waals surface area contributed by atoms with Gasteiger partial charge < -0.3 is 14.4 Å². The number of amides is 1. The highest BCUT2D eigenvalue weighted by Crippen LogP contribution is 2.29. The molecule has 0 atom stereocenters. The zero-order valence-electron chi connectivity index (χ0n) is 16.4. The Balaban J connectivity index is 1.86. The number of para-hydroxylation sites is 1. The van der Waals surface area contributed by atoms with Crippen LogP contribution in [0.1, 0.15) is 37.0 Å². The highest BCUT2D eigenvalue weighted by molar-refractivity contribution is 5.97. The smallest absolute Gasteiger partial charge is 0.330 e. The van der Waals surface area contributed by atoms with E-state index in [-0.39, 0.29) is 22.8 Å². The fraction of sp³-hybridized carbons (Fsp3) is 0.333. The molecule has 1 aliphatic rings. The molecule has 146 valence electrons. The topological polar surface area (TPSA) is 81.6 Å². The first-order valence-electron chi connectivity index (χ1n) is 8.95. The van der Waals surface area contributed by atoms with E-state index in [0.717, 1.165) is 5.57 Å². The summed E-state index contributed by atoms with van der Waals surface area (Å²) in [4.78, 5) is 34.7. The fourth-order valence-corrected chi connectivity index (χ4v) is 2.63. The van der Waals surface area contributed by atoms with Crippen LogP contribution in [0, 0.1) is 0 Å². The number of esters is 1. The van der Waals surface area contributed by atoms with E-state index in [1.165, 1.54) is 19.4 Å². The largest absolute Gasteiger partial charge is 0.466 e. The molecule has 7 heteroatoms. The van der Waals surface area contributed by atoms with Crippen LogP contribution in [0.4, 0.5) is 0 Å². The first-order valence-corrected chi connectivity index (χ1v) is 8.95. The molecule has 1 saturated heterocycles. The Labute approximate surface area is 164 Å². The molecule has 0 radical (unpaired) electrons. The number of likely N-dealkylation sites (tertiary alicyclic amines) is 1. The number of hydrogen-bond donors (Lipinski definition) is 0. The van der Waals surface area contributed by atoms with Crippen molar-refractivity contribution in [2.24, 2.45) is 0 Å². The minimum Gasteiger partial charge on any atom is -0.466 e. The van der Waals surface area contributed by atoms with E-state index in [2.05, 4.69) is 14.7 Å². The number of benzene rings is 1. The first-order chi connectivity index (χ1) is 13.3. The average Bonchev–Trinajstić information content (AvgIpc) is 2.63. The van der Waals surface area contributed by atoms with Gasteiger partial charge >= 0.3 is 5.97 Å². The van der Waals surface area contributed by atoms with E-state index >= 15 is 0 Å². The summed E-state index contributed by atoms with van der Waals surface area (Å²) in [7, 11) is 1.32. The summed E-state index contributed by atoms with van der Waals surface area (Å²) in [5.74, 6) is 0.734. The molecule has 1 amide bonds. The second-order valence-corrected chi connectivity index (χ2v) is 7.56. The van der Waals surface area contributed by atoms with Gasteiger partial charge in [0.1, 0.15) is 17.1 Å². The molecule has 1 aromatic heterocycles. The van der Waals surface area contributed by atoms with Gasteiger partial charge in [-0.05, 0) is 17.7 Å². The summed E-state index contributed by atoms with van der Waals surface area (Å²) in [6.45, 7) is 6.71. The van der Waals surface area contributed by atoms with Crippen LogP contribution in [0.2, 0.25) is 0 Å². The molecule has 3 rings (SSSR count). The Morgan fingerprint density at radius 3 is 2.43 bits per heavy atom. The number of nitrogens with zero attached hydrogens (tertiary/aromatic N) is 3. The molecule has 0 unspecified atom stereocenters. The second kappa shape index (κ2) is 7.80. The van der Waals surface area contributed by atoms with Crippen LogP contribution in [0.5, 0.6) is 11.6 Å². The number of ether oxygens (including phenoxy) is 2. The lowest BCUT2D eigenvalue weighted by Gasteiger charge is -2.34. The third-order valence-electron chi connectivity index (χ3n) is 4.21. The predicted molar refractivity (Wildman–Crippen MR) is 103 cm³/mol. The summed E-state index contributed by atoms with van der Waals surface area (Å²) in [5.41, 5.74) is 0.829. The zero-order chi connectivity index (χ0) is 20.3. The molecule has 1 aromatic carbocycles. The van der Waals surface area contributed by atoms with Crippen molar-refractivity contribution in [1.82, 2.24) is 14.9 Å². The zero-order valence-corrected chi connectivity index (χ0v) is 16.4. The molecule has 0 N–H and O–H groups in total. The summed E-state index contributed by atoms with van der Waals surface area (Å²) < 4.78 is 10.5. The van der Waals surface area contributed by atoms with Crippen molar-refractivity contribution < 1.29 is 19.1 Å². The maximum atomic E-state index is 12.9. The van der Waals surface area contributed by atoms with Crippen LogP contribution in [0.3, 0.4) is 0 Å². The van der Waals surface area contributed by atoms with E-state index in [1.54, 1.807) is 17.0 Å². The third-order valence-corrected chi connectivity index (χ3v) is 4.21. The molecule has 1 fully saturated rings. The van der Waals surface area contributed by atoms with E-state index in [1.807, 2.05) is 39.0 Å². The Morgan fingerprint density at radius 1 is 1.14 bits per heavy atom. The molecule has 2 heterocycles. The monoisotopic (exact) mass is 381 g/mol. The van der Waals surface area contributed by atoms with Crippen LogP contribution >= 0.6 is 0 Å². The minimum absolute atomic E-state index is 0.224. The Morgan fingerprint density at radius 2 is 1.82 bits per heavy atom. The quantitative estimate of drug-likeness (QED) is 0.598. The highest BCUT2D eigenvalue weighted by Gasteiger charge is 2.31. The first kappa shape index (κ1) is 19.5. The van der Waals surface area contributed by atoms with Crippen LogP contribution in [-0.4, -0.2) is 46.9 Å². The SMILES string of the molecule is COC(=O)C=C1CN(C(=O)c2cnc(C(C)(C)C)nc2Oc2ccccc2)C1. The van der Waals surface area contributed by atoms with E-state index in [0.29, 0.717) is 24.7 Å². The maximum absolute atomic E-state index is 12.9. The van der Waals surface area contributed by atoms with Gasteiger partial charge in [-0.2, -0.15) is 4.98 Å². The molecule has 0 saturated carbocycles. The Hall–Kier alpha value is -3.22. The van der Waals surface area contributed by atoms with Crippen molar-refractivity contribution in [1.29, 1.82) is 0 Å². The van der Waals surface area contributed by atoms with Gasteiger partial charge in [0.05, 0.1) is 7.11 Å². The average molecular weight is 381 g/mol. The van der Waals surface area contributed by atoms with Crippen LogP contribution < -0.4 is 4.74 Å². The number of hydrogen-bond acceptors (Lipinski definition) is 6. The van der Waals surface area contributed by atoms with Crippen LogP contribution in [-0.2, 0) is 14.9 Å². The van der Waals surface area contributed by atoms with E-state index in [4.69, 9.17) is 4.74 Å². The minimum atomic E-state index is -0.423. The molecule has 2 aromatic rings. The Bertz CT molecular complexity index is 909. The van der Waals surface area contributed by atoms with Crippen molar-refractivity contribution in [3.63, 3.8) is 0 Å². The highest BCUT2D eigenvalue weighted by atomic mass is 16.5. The molecule has 0 aliphatic carbocycles. The number of rotatable bonds is 4. The lowest BCUT2D eigenvalue weighted by atomic mass is 9.95. The van der Waals surface area contributed by atoms with Gasteiger partial charge in [-0.1, -0.05) is 39.0 Å². The van der Waals surface area contributed by atoms with Gasteiger partial charge in [0, 0.05) is 30.8 Å². The van der Waals surface area contributed by atoms with Gasteiger partial charge in [-0.15, -0.1) is 0 Å². The molecule has 1 aliphatic heterocycles. The molecule has 0 spiro atoms. The fourth-order valence-electron chi connectivity index (χ4n) is 2.63. The second-order valence-electron chi connectivity index (χ2n) is 7.56. The van der Waals surface area contributed by atoms with Crippen molar-refractivity contribution in [3.05, 3.63) is 59.6 Å². The molecule has 28 heavy (non-hydrogen) atoms. The predicted octanol–water partition coefficient (Wildman–Crippen LogP) is 3.12. The van der Waals surface area contributed by atoms with Crippen molar-refractivity contribution in [2.45, 2.75) is 26.2 Å². The third kappa shape index (κ3) is 4.36. The van der Waals surface area contributed by atoms with E-state index in [9.17, 15) is 9.59 Å². The van der Waals surface area contributed by atoms with Crippen molar-refractivity contribution in [2.75, 3.05) is 20.2 Å². The number of carbonyl (C=O) groups excluding carboxylic acids is 2. The summed E-state index contributed by atoms with van der Waals surface area (Å²) in [6.07, 6.45) is 2.92. The lowest BCUT2D eigenvalue weighted by molar-refractivity contribution is -0.135. The summed E-state index contributed by atoms with van der Waals surface area (Å²) in [6, 6.07) is 9.18. The number of carbonyl (C=O) groups is 2. The molecular weight excluding hydrogens is 358 g/mol. The Kier molecular flexibility index (Phi) is 5.44. The summed E-state index contributed by atoms with van der Waals surface area (Å²) in [5, 5.41) is 0. The molecule has 7 nitrogen and oxygen atoms in total.